The average Bonchev–Trinajstić information content (AvgIpc) is 2.68. The fourth-order valence-corrected chi connectivity index (χ4v) is 3.36. The minimum atomic E-state index is -0.551. The van der Waals surface area contributed by atoms with Crippen molar-refractivity contribution in [3.8, 4) is 5.75 Å². The van der Waals surface area contributed by atoms with Crippen molar-refractivity contribution in [3.05, 3.63) is 60.2 Å². The number of nitrogens with zero attached hydrogens (tertiary/aromatic N) is 2. The molecule has 0 aromatic heterocycles. The second kappa shape index (κ2) is 8.58. The summed E-state index contributed by atoms with van der Waals surface area (Å²) in [7, 11) is 0. The van der Waals surface area contributed by atoms with Crippen LogP contribution < -0.4 is 10.2 Å². The number of carbonyl (C=O) groups is 2. The van der Waals surface area contributed by atoms with Gasteiger partial charge in [-0.15, -0.1) is 0 Å². The van der Waals surface area contributed by atoms with E-state index >= 15 is 0 Å². The highest BCUT2D eigenvalue weighted by Crippen LogP contribution is 2.20. The molecular weight excluding hydrogens is 342 g/mol. The van der Waals surface area contributed by atoms with Gasteiger partial charge in [-0.25, -0.2) is 0 Å². The van der Waals surface area contributed by atoms with Crippen molar-refractivity contribution in [3.63, 3.8) is 0 Å². The number of phenolic OH excluding ortho intramolecular Hbond substituents is 1. The van der Waals surface area contributed by atoms with Gasteiger partial charge < -0.3 is 20.2 Å². The Morgan fingerprint density at radius 2 is 1.63 bits per heavy atom. The van der Waals surface area contributed by atoms with E-state index in [0.717, 1.165) is 11.3 Å². The molecule has 142 valence electrons. The van der Waals surface area contributed by atoms with E-state index in [2.05, 4.69) is 10.2 Å². The highest BCUT2D eigenvalue weighted by Gasteiger charge is 2.28. The molecule has 0 aliphatic carbocycles. The van der Waals surface area contributed by atoms with Crippen LogP contribution in [-0.4, -0.2) is 54.0 Å². The lowest BCUT2D eigenvalue weighted by Crippen LogP contribution is -2.55. The average molecular weight is 367 g/mol. The van der Waals surface area contributed by atoms with Gasteiger partial charge in [-0.3, -0.25) is 9.59 Å². The zero-order valence-corrected chi connectivity index (χ0v) is 15.5. The molecule has 1 fully saturated rings. The van der Waals surface area contributed by atoms with E-state index in [1.54, 1.807) is 12.1 Å². The van der Waals surface area contributed by atoms with Crippen LogP contribution in [0.2, 0.25) is 0 Å². The van der Waals surface area contributed by atoms with Gasteiger partial charge in [0, 0.05) is 45.2 Å². The zero-order chi connectivity index (χ0) is 19.2. The number of phenols is 1. The Morgan fingerprint density at radius 1 is 1.00 bits per heavy atom. The van der Waals surface area contributed by atoms with E-state index < -0.39 is 6.04 Å². The molecule has 1 unspecified atom stereocenters. The molecule has 1 aliphatic heterocycles. The third-order valence-electron chi connectivity index (χ3n) is 4.76. The fraction of sp³-hybridized carbons (Fsp3) is 0.333. The smallest absolute Gasteiger partial charge is 0.245 e. The summed E-state index contributed by atoms with van der Waals surface area (Å²) in [6.07, 6.45) is 0.484. The van der Waals surface area contributed by atoms with Crippen molar-refractivity contribution in [2.75, 3.05) is 31.1 Å². The lowest BCUT2D eigenvalue weighted by molar-refractivity contribution is -0.136. The first-order chi connectivity index (χ1) is 13.0. The molecule has 1 heterocycles. The Bertz CT molecular complexity index is 769. The number of piperazine rings is 1. The molecule has 3 rings (SSSR count). The summed E-state index contributed by atoms with van der Waals surface area (Å²) in [5.41, 5.74) is 2.05. The van der Waals surface area contributed by atoms with Crippen LogP contribution >= 0.6 is 0 Å². The third kappa shape index (κ3) is 5.00. The summed E-state index contributed by atoms with van der Waals surface area (Å²) in [5, 5.41) is 12.2. The van der Waals surface area contributed by atoms with Crippen molar-refractivity contribution >= 4 is 17.5 Å². The predicted octanol–water partition coefficient (Wildman–Crippen LogP) is 1.79. The summed E-state index contributed by atoms with van der Waals surface area (Å²) in [5.74, 6) is -0.00181. The Kier molecular flexibility index (Phi) is 5.96. The lowest BCUT2D eigenvalue weighted by Gasteiger charge is -2.37. The van der Waals surface area contributed by atoms with Crippen LogP contribution in [0.15, 0.2) is 54.6 Å². The summed E-state index contributed by atoms with van der Waals surface area (Å²) < 4.78 is 0. The number of aromatic hydroxyl groups is 1. The standard InChI is InChI=1S/C21H25N3O3/c1-16(25)22-20(15-17-5-3-2-4-6-17)21(27)24-13-11-23(12-14-24)18-7-9-19(26)10-8-18/h2-10,20,26H,11-15H2,1H3,(H,22,25). The molecule has 0 spiro atoms. The van der Waals surface area contributed by atoms with Gasteiger partial charge in [-0.1, -0.05) is 30.3 Å². The number of amides is 2. The molecule has 1 atom stereocenters. The molecule has 0 bridgehead atoms. The number of hydrogen-bond acceptors (Lipinski definition) is 4. The van der Waals surface area contributed by atoms with Crippen LogP contribution in [0.4, 0.5) is 5.69 Å². The number of hydrogen-bond donors (Lipinski definition) is 2. The molecule has 2 aromatic rings. The van der Waals surface area contributed by atoms with E-state index in [1.165, 1.54) is 6.92 Å². The van der Waals surface area contributed by atoms with Gasteiger partial charge in [0.1, 0.15) is 11.8 Å². The van der Waals surface area contributed by atoms with Crippen LogP contribution in [0.3, 0.4) is 0 Å². The fourth-order valence-electron chi connectivity index (χ4n) is 3.36. The molecule has 0 saturated carbocycles. The molecule has 6 heteroatoms. The van der Waals surface area contributed by atoms with E-state index in [9.17, 15) is 14.7 Å². The topological polar surface area (TPSA) is 72.9 Å². The number of rotatable bonds is 5. The van der Waals surface area contributed by atoms with Crippen molar-refractivity contribution < 1.29 is 14.7 Å². The first-order valence-electron chi connectivity index (χ1n) is 9.17. The van der Waals surface area contributed by atoms with Crippen molar-refractivity contribution in [1.29, 1.82) is 0 Å². The predicted molar refractivity (Wildman–Crippen MR) is 105 cm³/mol. The minimum absolute atomic E-state index is 0.0422. The molecule has 0 radical (unpaired) electrons. The van der Waals surface area contributed by atoms with Gasteiger partial charge in [-0.05, 0) is 29.8 Å². The SMILES string of the molecule is CC(=O)NC(Cc1ccccc1)C(=O)N1CCN(c2ccc(O)cc2)CC1. The van der Waals surface area contributed by atoms with Crippen LogP contribution in [0.1, 0.15) is 12.5 Å². The van der Waals surface area contributed by atoms with Crippen molar-refractivity contribution in [2.45, 2.75) is 19.4 Å². The molecular formula is C21H25N3O3. The van der Waals surface area contributed by atoms with Crippen LogP contribution in [0, 0.1) is 0 Å². The van der Waals surface area contributed by atoms with Gasteiger partial charge in [-0.2, -0.15) is 0 Å². The van der Waals surface area contributed by atoms with Crippen molar-refractivity contribution in [1.82, 2.24) is 10.2 Å². The first-order valence-corrected chi connectivity index (χ1v) is 9.17. The summed E-state index contributed by atoms with van der Waals surface area (Å²) in [6.45, 7) is 4.08. The highest BCUT2D eigenvalue weighted by molar-refractivity contribution is 5.87. The number of benzene rings is 2. The first kappa shape index (κ1) is 18.8. The largest absolute Gasteiger partial charge is 0.508 e. The third-order valence-corrected chi connectivity index (χ3v) is 4.76. The summed E-state index contributed by atoms with van der Waals surface area (Å²) in [6, 6.07) is 16.3. The second-order valence-electron chi connectivity index (χ2n) is 6.77. The van der Waals surface area contributed by atoms with Gasteiger partial charge in [0.2, 0.25) is 11.8 Å². The van der Waals surface area contributed by atoms with Crippen molar-refractivity contribution in [2.24, 2.45) is 0 Å². The molecule has 2 aromatic carbocycles. The minimum Gasteiger partial charge on any atom is -0.508 e. The molecule has 2 amide bonds. The number of nitrogens with one attached hydrogen (secondary N) is 1. The zero-order valence-electron chi connectivity index (χ0n) is 15.5. The summed E-state index contributed by atoms with van der Waals surface area (Å²) >= 11 is 0. The summed E-state index contributed by atoms with van der Waals surface area (Å²) in [4.78, 5) is 28.6. The van der Waals surface area contributed by atoms with Crippen LogP contribution in [0.5, 0.6) is 5.75 Å². The monoisotopic (exact) mass is 367 g/mol. The lowest BCUT2D eigenvalue weighted by atomic mass is 10.0. The highest BCUT2D eigenvalue weighted by atomic mass is 16.3. The van der Waals surface area contributed by atoms with Gasteiger partial charge >= 0.3 is 0 Å². The number of anilines is 1. The van der Waals surface area contributed by atoms with E-state index in [4.69, 9.17) is 0 Å². The Morgan fingerprint density at radius 3 is 2.22 bits per heavy atom. The maximum atomic E-state index is 13.0. The Hall–Kier alpha value is -3.02. The molecule has 1 aliphatic rings. The molecule has 1 saturated heterocycles. The van der Waals surface area contributed by atoms with E-state index in [0.29, 0.717) is 32.6 Å². The van der Waals surface area contributed by atoms with Crippen LogP contribution in [0.25, 0.3) is 0 Å². The van der Waals surface area contributed by atoms with Gasteiger partial charge in [0.25, 0.3) is 0 Å². The Balaban J connectivity index is 1.62. The molecule has 2 N–H and O–H groups in total. The quantitative estimate of drug-likeness (QED) is 0.845. The maximum absolute atomic E-state index is 13.0. The maximum Gasteiger partial charge on any atom is 0.245 e. The Labute approximate surface area is 159 Å². The van der Waals surface area contributed by atoms with E-state index in [1.807, 2.05) is 47.4 Å². The molecule has 27 heavy (non-hydrogen) atoms. The van der Waals surface area contributed by atoms with Gasteiger partial charge in [0.05, 0.1) is 0 Å². The molecule has 6 nitrogen and oxygen atoms in total. The second-order valence-corrected chi connectivity index (χ2v) is 6.77. The normalized spacial score (nSPS) is 15.3. The number of carbonyl (C=O) groups excluding carboxylic acids is 2. The van der Waals surface area contributed by atoms with Crippen LogP contribution in [-0.2, 0) is 16.0 Å². The van der Waals surface area contributed by atoms with E-state index in [-0.39, 0.29) is 17.6 Å². The van der Waals surface area contributed by atoms with Gasteiger partial charge in [0.15, 0.2) is 0 Å².